The summed E-state index contributed by atoms with van der Waals surface area (Å²) in [5, 5.41) is 0. The van der Waals surface area contributed by atoms with E-state index in [1.54, 1.807) is 0 Å². The molecule has 0 nitrogen and oxygen atoms in total. The summed E-state index contributed by atoms with van der Waals surface area (Å²) >= 11 is 0. The highest BCUT2D eigenvalue weighted by Gasteiger charge is 1.93. The molecule has 0 aliphatic heterocycles. The smallest absolute Gasteiger partial charge is 0.0169 e. The molecular weight excluding hydrogens is 216 g/mol. The summed E-state index contributed by atoms with van der Waals surface area (Å²) in [4.78, 5) is 0. The molecule has 1 aliphatic carbocycles. The van der Waals surface area contributed by atoms with Crippen molar-refractivity contribution in [1.82, 2.24) is 0 Å². The van der Waals surface area contributed by atoms with Gasteiger partial charge < -0.3 is 0 Å². The number of allylic oxidation sites excluding steroid dienone is 4. The minimum absolute atomic E-state index is 1.14. The maximum atomic E-state index is 2.37. The van der Waals surface area contributed by atoms with Gasteiger partial charge in [-0.25, -0.2) is 0 Å². The predicted molar refractivity (Wildman–Crippen MR) is 82.9 cm³/mol. The summed E-state index contributed by atoms with van der Waals surface area (Å²) in [6.45, 7) is 0. The Labute approximate surface area is 115 Å². The van der Waals surface area contributed by atoms with Crippen LogP contribution in [0, 0.1) is 0 Å². The third-order valence-electron chi connectivity index (χ3n) is 3.85. The molecule has 0 heterocycles. The van der Waals surface area contributed by atoms with Gasteiger partial charge in [0.15, 0.2) is 0 Å². The highest BCUT2D eigenvalue weighted by atomic mass is 14.0. The summed E-state index contributed by atoms with van der Waals surface area (Å²) in [5.41, 5.74) is 0. The Bertz CT molecular complexity index is 190. The molecule has 0 N–H and O–H groups in total. The van der Waals surface area contributed by atoms with E-state index in [9.17, 15) is 0 Å². The van der Waals surface area contributed by atoms with Crippen LogP contribution in [0.2, 0.25) is 0 Å². The normalized spacial score (nSPS) is 22.2. The van der Waals surface area contributed by atoms with E-state index in [-0.39, 0.29) is 0 Å². The largest absolute Gasteiger partial charge is 0.0882 e. The summed E-state index contributed by atoms with van der Waals surface area (Å²) in [5.74, 6) is 0. The minimum atomic E-state index is 1.14. The Morgan fingerprint density at radius 3 is 1.06 bits per heavy atom. The van der Waals surface area contributed by atoms with Crippen LogP contribution in [0.25, 0.3) is 0 Å². The van der Waals surface area contributed by atoms with Crippen LogP contribution >= 0.6 is 0 Å². The molecule has 0 heteroatoms. The van der Waals surface area contributed by atoms with Crippen molar-refractivity contribution in [2.75, 3.05) is 0 Å². The van der Waals surface area contributed by atoms with E-state index in [1.807, 2.05) is 0 Å². The molecule has 104 valence electrons. The van der Waals surface area contributed by atoms with E-state index in [2.05, 4.69) is 24.3 Å². The first kappa shape index (κ1) is 15.5. The first-order chi connectivity index (χ1) is 9.00. The lowest BCUT2D eigenvalue weighted by Crippen LogP contribution is -1.82. The SMILES string of the molecule is C1=CCCCCCCCCCCCCCC=CC1. The second-order valence-electron chi connectivity index (χ2n) is 5.64. The molecule has 0 aromatic heterocycles. The lowest BCUT2D eigenvalue weighted by atomic mass is 10.0. The summed E-state index contributed by atoms with van der Waals surface area (Å²) in [6.07, 6.45) is 29.0. The van der Waals surface area contributed by atoms with Gasteiger partial charge in [-0.2, -0.15) is 0 Å². The van der Waals surface area contributed by atoms with Crippen LogP contribution in [0.3, 0.4) is 0 Å². The van der Waals surface area contributed by atoms with E-state index in [4.69, 9.17) is 0 Å². The van der Waals surface area contributed by atoms with Crippen molar-refractivity contribution in [3.05, 3.63) is 24.3 Å². The van der Waals surface area contributed by atoms with Gasteiger partial charge in [-0.1, -0.05) is 82.1 Å². The van der Waals surface area contributed by atoms with Crippen LogP contribution < -0.4 is 0 Å². The molecule has 0 radical (unpaired) electrons. The summed E-state index contributed by atoms with van der Waals surface area (Å²) < 4.78 is 0. The predicted octanol–water partition coefficient (Wildman–Crippen LogP) is 6.57. The second-order valence-corrected chi connectivity index (χ2v) is 5.64. The van der Waals surface area contributed by atoms with Crippen molar-refractivity contribution in [3.63, 3.8) is 0 Å². The molecule has 0 fully saturated rings. The van der Waals surface area contributed by atoms with Crippen molar-refractivity contribution in [2.45, 2.75) is 89.9 Å². The van der Waals surface area contributed by atoms with E-state index < -0.39 is 0 Å². The molecule has 0 amide bonds. The monoisotopic (exact) mass is 248 g/mol. The Morgan fingerprint density at radius 1 is 0.333 bits per heavy atom. The molecule has 1 aliphatic rings. The van der Waals surface area contributed by atoms with Gasteiger partial charge in [0, 0.05) is 0 Å². The highest BCUT2D eigenvalue weighted by Crippen LogP contribution is 2.13. The third-order valence-corrected chi connectivity index (χ3v) is 3.85. The molecular formula is C18H32. The van der Waals surface area contributed by atoms with Gasteiger partial charge in [0.2, 0.25) is 0 Å². The maximum Gasteiger partial charge on any atom is -0.0169 e. The number of hydrogen-bond acceptors (Lipinski definition) is 0. The van der Waals surface area contributed by atoms with Gasteiger partial charge in [0.05, 0.1) is 0 Å². The molecule has 0 saturated heterocycles. The van der Waals surface area contributed by atoms with Crippen molar-refractivity contribution in [3.8, 4) is 0 Å². The Morgan fingerprint density at radius 2 is 0.667 bits per heavy atom. The third kappa shape index (κ3) is 10.6. The fourth-order valence-corrected chi connectivity index (χ4v) is 2.62. The van der Waals surface area contributed by atoms with Crippen LogP contribution in [-0.4, -0.2) is 0 Å². The van der Waals surface area contributed by atoms with E-state index >= 15 is 0 Å². The molecule has 0 aromatic carbocycles. The lowest BCUT2D eigenvalue weighted by molar-refractivity contribution is 0.547. The van der Waals surface area contributed by atoms with Crippen LogP contribution in [-0.2, 0) is 0 Å². The molecule has 0 spiro atoms. The van der Waals surface area contributed by atoms with Gasteiger partial charge in [-0.3, -0.25) is 0 Å². The Kier molecular flexibility index (Phi) is 11.2. The van der Waals surface area contributed by atoms with Crippen molar-refractivity contribution in [2.24, 2.45) is 0 Å². The Hall–Kier alpha value is -0.520. The minimum Gasteiger partial charge on any atom is -0.0882 e. The van der Waals surface area contributed by atoms with Gasteiger partial charge >= 0.3 is 0 Å². The van der Waals surface area contributed by atoms with Crippen LogP contribution in [0.4, 0.5) is 0 Å². The average molecular weight is 248 g/mol. The Balaban J connectivity index is 2.13. The van der Waals surface area contributed by atoms with Crippen molar-refractivity contribution < 1.29 is 0 Å². The quantitative estimate of drug-likeness (QED) is 0.425. The topological polar surface area (TPSA) is 0 Å². The molecule has 1 rings (SSSR count). The fraction of sp³-hybridized carbons (Fsp3) is 0.778. The second kappa shape index (κ2) is 12.9. The zero-order valence-electron chi connectivity index (χ0n) is 12.2. The van der Waals surface area contributed by atoms with Crippen LogP contribution in [0.1, 0.15) is 89.9 Å². The highest BCUT2D eigenvalue weighted by molar-refractivity contribution is 4.92. The van der Waals surface area contributed by atoms with E-state index in [0.717, 1.165) is 6.42 Å². The maximum absolute atomic E-state index is 2.37. The van der Waals surface area contributed by atoms with Crippen LogP contribution in [0.15, 0.2) is 24.3 Å². The van der Waals surface area contributed by atoms with Crippen molar-refractivity contribution in [1.29, 1.82) is 0 Å². The average Bonchev–Trinajstić information content (AvgIpc) is 2.39. The van der Waals surface area contributed by atoms with Gasteiger partial charge in [0.25, 0.3) is 0 Å². The summed E-state index contributed by atoms with van der Waals surface area (Å²) in [6, 6.07) is 0. The number of rotatable bonds is 0. The first-order valence-corrected chi connectivity index (χ1v) is 8.30. The molecule has 0 saturated carbocycles. The fourth-order valence-electron chi connectivity index (χ4n) is 2.62. The molecule has 0 bridgehead atoms. The molecule has 0 aromatic rings. The van der Waals surface area contributed by atoms with Gasteiger partial charge in [0.1, 0.15) is 0 Å². The summed E-state index contributed by atoms with van der Waals surface area (Å²) in [7, 11) is 0. The first-order valence-electron chi connectivity index (χ1n) is 8.30. The van der Waals surface area contributed by atoms with Crippen molar-refractivity contribution >= 4 is 0 Å². The zero-order valence-corrected chi connectivity index (χ0v) is 12.2. The van der Waals surface area contributed by atoms with Gasteiger partial charge in [-0.15, -0.1) is 0 Å². The van der Waals surface area contributed by atoms with Gasteiger partial charge in [-0.05, 0) is 32.1 Å². The zero-order chi connectivity index (χ0) is 12.7. The standard InChI is InChI=1S/C18H32/c1-2-4-6-8-10-12-14-16-18-17-15-13-11-9-7-5-3-1/h1-2,5,7H,3-4,6,8-18H2. The van der Waals surface area contributed by atoms with E-state index in [1.165, 1.54) is 83.5 Å². The number of hydrogen-bond donors (Lipinski definition) is 0. The van der Waals surface area contributed by atoms with Crippen LogP contribution in [0.5, 0.6) is 0 Å². The molecule has 0 unspecified atom stereocenters. The molecule has 0 atom stereocenters. The molecule has 18 heavy (non-hydrogen) atoms. The van der Waals surface area contributed by atoms with E-state index in [0.29, 0.717) is 0 Å². The lowest BCUT2D eigenvalue weighted by Gasteiger charge is -2.02.